The Morgan fingerprint density at radius 3 is 2.44 bits per heavy atom. The molecule has 0 spiro atoms. The van der Waals surface area contributed by atoms with Crippen LogP contribution in [-0.2, 0) is 0 Å². The summed E-state index contributed by atoms with van der Waals surface area (Å²) >= 11 is 6.07. The van der Waals surface area contributed by atoms with Crippen LogP contribution in [0.4, 0.5) is 0 Å². The van der Waals surface area contributed by atoms with Gasteiger partial charge in [0, 0.05) is 0 Å². The zero-order valence-electron chi connectivity index (χ0n) is 10.0. The lowest BCUT2D eigenvalue weighted by atomic mass is 9.87. The zero-order valence-corrected chi connectivity index (χ0v) is 10.8. The van der Waals surface area contributed by atoms with Gasteiger partial charge in [-0.05, 0) is 36.1 Å². The number of hydrogen-bond donors (Lipinski definition) is 0. The van der Waals surface area contributed by atoms with Crippen LogP contribution in [0.2, 0.25) is 5.02 Å². The second kappa shape index (κ2) is 5.23. The molecular weight excluding hydrogens is 222 g/mol. The molecule has 0 saturated heterocycles. The first-order valence-electron chi connectivity index (χ1n) is 5.25. The van der Waals surface area contributed by atoms with Crippen molar-refractivity contribution < 1.29 is 4.74 Å². The zero-order chi connectivity index (χ0) is 12.3. The second-order valence-electron chi connectivity index (χ2n) is 4.19. The fourth-order valence-electron chi connectivity index (χ4n) is 1.74. The van der Waals surface area contributed by atoms with Crippen LogP contribution in [0.15, 0.2) is 12.1 Å². The maximum Gasteiger partial charge on any atom is 0.137 e. The quantitative estimate of drug-likeness (QED) is 0.798. The first-order valence-corrected chi connectivity index (χ1v) is 5.62. The first kappa shape index (κ1) is 12.9. The van der Waals surface area contributed by atoms with E-state index in [0.717, 1.165) is 11.1 Å². The van der Waals surface area contributed by atoms with E-state index >= 15 is 0 Å². The van der Waals surface area contributed by atoms with Crippen molar-refractivity contribution in [2.45, 2.75) is 26.7 Å². The predicted molar refractivity (Wildman–Crippen MR) is 65.9 cm³/mol. The molecule has 0 aliphatic heterocycles. The molecule has 0 aromatic heterocycles. The van der Waals surface area contributed by atoms with E-state index in [4.69, 9.17) is 21.6 Å². The molecule has 3 heteroatoms. The average molecular weight is 238 g/mol. The maximum absolute atomic E-state index is 9.17. The van der Waals surface area contributed by atoms with E-state index in [1.165, 1.54) is 0 Å². The summed E-state index contributed by atoms with van der Waals surface area (Å²) in [6.45, 7) is 6.04. The standard InChI is InChI=1S/C13H16ClNO/c1-8(2)11(7-15)10-6-12(14)13(16-4)5-9(10)3/h5-6,8,11H,1-4H3. The molecule has 2 nitrogen and oxygen atoms in total. The largest absolute Gasteiger partial charge is 0.495 e. The van der Waals surface area contributed by atoms with E-state index in [0.29, 0.717) is 10.8 Å². The number of methoxy groups -OCH3 is 1. The Morgan fingerprint density at radius 1 is 1.38 bits per heavy atom. The van der Waals surface area contributed by atoms with Gasteiger partial charge >= 0.3 is 0 Å². The van der Waals surface area contributed by atoms with Crippen LogP contribution in [-0.4, -0.2) is 7.11 Å². The van der Waals surface area contributed by atoms with Crippen LogP contribution in [0.1, 0.15) is 30.9 Å². The van der Waals surface area contributed by atoms with Crippen molar-refractivity contribution in [3.63, 3.8) is 0 Å². The third kappa shape index (κ3) is 2.48. The Labute approximate surface area is 102 Å². The van der Waals surface area contributed by atoms with Crippen molar-refractivity contribution in [1.82, 2.24) is 0 Å². The summed E-state index contributed by atoms with van der Waals surface area (Å²) in [6.07, 6.45) is 0. The van der Waals surface area contributed by atoms with Crippen LogP contribution < -0.4 is 4.74 Å². The molecule has 0 aliphatic carbocycles. The molecule has 1 aromatic carbocycles. The Kier molecular flexibility index (Phi) is 4.20. The van der Waals surface area contributed by atoms with Gasteiger partial charge < -0.3 is 4.74 Å². The van der Waals surface area contributed by atoms with Gasteiger partial charge in [-0.15, -0.1) is 0 Å². The molecule has 1 rings (SSSR count). The summed E-state index contributed by atoms with van der Waals surface area (Å²) in [6, 6.07) is 6.04. The van der Waals surface area contributed by atoms with Gasteiger partial charge in [-0.3, -0.25) is 0 Å². The molecule has 1 aromatic rings. The van der Waals surface area contributed by atoms with Crippen molar-refractivity contribution in [1.29, 1.82) is 5.26 Å². The minimum absolute atomic E-state index is 0.122. The highest BCUT2D eigenvalue weighted by molar-refractivity contribution is 6.32. The van der Waals surface area contributed by atoms with Crippen LogP contribution in [0, 0.1) is 24.2 Å². The lowest BCUT2D eigenvalue weighted by Crippen LogP contribution is -2.06. The molecule has 0 N–H and O–H groups in total. The molecule has 0 radical (unpaired) electrons. The molecule has 0 amide bonds. The number of halogens is 1. The molecule has 0 heterocycles. The normalized spacial score (nSPS) is 12.3. The third-order valence-electron chi connectivity index (χ3n) is 2.68. The fourth-order valence-corrected chi connectivity index (χ4v) is 1.99. The monoisotopic (exact) mass is 237 g/mol. The predicted octanol–water partition coefficient (Wildman–Crippen LogP) is 3.92. The lowest BCUT2D eigenvalue weighted by molar-refractivity contribution is 0.414. The first-order chi connectivity index (χ1) is 7.51. The maximum atomic E-state index is 9.17. The fraction of sp³-hybridized carbons (Fsp3) is 0.462. The topological polar surface area (TPSA) is 33.0 Å². The Hall–Kier alpha value is -1.20. The molecule has 0 fully saturated rings. The number of hydrogen-bond acceptors (Lipinski definition) is 2. The van der Waals surface area contributed by atoms with Gasteiger partial charge in [0.15, 0.2) is 0 Å². The van der Waals surface area contributed by atoms with Gasteiger partial charge in [0.1, 0.15) is 5.75 Å². The highest BCUT2D eigenvalue weighted by Crippen LogP contribution is 2.34. The van der Waals surface area contributed by atoms with E-state index in [1.807, 2.05) is 32.9 Å². The minimum atomic E-state index is -0.122. The molecule has 0 bridgehead atoms. The Morgan fingerprint density at radius 2 is 2.00 bits per heavy atom. The van der Waals surface area contributed by atoms with Gasteiger partial charge in [0.2, 0.25) is 0 Å². The number of ether oxygens (including phenoxy) is 1. The summed E-state index contributed by atoms with van der Waals surface area (Å²) in [4.78, 5) is 0. The van der Waals surface area contributed by atoms with E-state index in [9.17, 15) is 0 Å². The molecule has 0 aliphatic rings. The average Bonchev–Trinajstić information content (AvgIpc) is 2.23. The highest BCUT2D eigenvalue weighted by atomic mass is 35.5. The summed E-state index contributed by atoms with van der Waals surface area (Å²) in [5, 5.41) is 9.73. The van der Waals surface area contributed by atoms with Crippen LogP contribution >= 0.6 is 11.6 Å². The number of benzene rings is 1. The van der Waals surface area contributed by atoms with Crippen LogP contribution in [0.5, 0.6) is 5.75 Å². The van der Waals surface area contributed by atoms with Gasteiger partial charge in [-0.1, -0.05) is 25.4 Å². The minimum Gasteiger partial charge on any atom is -0.495 e. The van der Waals surface area contributed by atoms with Gasteiger partial charge in [-0.25, -0.2) is 0 Å². The number of nitriles is 1. The van der Waals surface area contributed by atoms with E-state index < -0.39 is 0 Å². The molecule has 16 heavy (non-hydrogen) atoms. The summed E-state index contributed by atoms with van der Waals surface area (Å²) in [5.74, 6) is 0.805. The van der Waals surface area contributed by atoms with E-state index in [-0.39, 0.29) is 11.8 Å². The van der Waals surface area contributed by atoms with Crippen molar-refractivity contribution in [3.8, 4) is 11.8 Å². The number of aryl methyl sites for hydroxylation is 1. The second-order valence-corrected chi connectivity index (χ2v) is 4.60. The Bertz CT molecular complexity index is 421. The van der Waals surface area contributed by atoms with Crippen molar-refractivity contribution >= 4 is 11.6 Å². The van der Waals surface area contributed by atoms with Gasteiger partial charge in [0.05, 0.1) is 24.1 Å². The lowest BCUT2D eigenvalue weighted by Gasteiger charge is -2.17. The van der Waals surface area contributed by atoms with Crippen molar-refractivity contribution in [2.75, 3.05) is 7.11 Å². The summed E-state index contributed by atoms with van der Waals surface area (Å²) in [5.41, 5.74) is 2.03. The van der Waals surface area contributed by atoms with Crippen molar-refractivity contribution in [3.05, 3.63) is 28.3 Å². The molecule has 1 atom stereocenters. The smallest absolute Gasteiger partial charge is 0.137 e. The molecular formula is C13H16ClNO. The molecule has 1 unspecified atom stereocenters. The Balaban J connectivity index is 3.25. The SMILES string of the molecule is COc1cc(C)c(C(C#N)C(C)C)cc1Cl. The van der Waals surface area contributed by atoms with Gasteiger partial charge in [-0.2, -0.15) is 5.26 Å². The van der Waals surface area contributed by atoms with Gasteiger partial charge in [0.25, 0.3) is 0 Å². The molecule has 86 valence electrons. The van der Waals surface area contributed by atoms with E-state index in [2.05, 4.69) is 6.07 Å². The highest BCUT2D eigenvalue weighted by Gasteiger charge is 2.18. The van der Waals surface area contributed by atoms with Crippen LogP contribution in [0.25, 0.3) is 0 Å². The van der Waals surface area contributed by atoms with E-state index in [1.54, 1.807) is 7.11 Å². The number of rotatable bonds is 3. The number of nitrogens with zero attached hydrogens (tertiary/aromatic N) is 1. The molecule has 0 saturated carbocycles. The van der Waals surface area contributed by atoms with Crippen molar-refractivity contribution in [2.24, 2.45) is 5.92 Å². The summed E-state index contributed by atoms with van der Waals surface area (Å²) in [7, 11) is 1.59. The third-order valence-corrected chi connectivity index (χ3v) is 2.98. The van der Waals surface area contributed by atoms with Crippen LogP contribution in [0.3, 0.4) is 0 Å². The summed E-state index contributed by atoms with van der Waals surface area (Å²) < 4.78 is 5.14.